The summed E-state index contributed by atoms with van der Waals surface area (Å²) in [7, 11) is 0. The Labute approximate surface area is 164 Å². The normalized spacial score (nSPS) is 15.7. The third-order valence-electron chi connectivity index (χ3n) is 5.07. The van der Waals surface area contributed by atoms with Crippen LogP contribution in [0.25, 0.3) is 0 Å². The molecule has 0 spiro atoms. The van der Waals surface area contributed by atoms with Crippen LogP contribution in [0.2, 0.25) is 0 Å². The number of nitrogens with zero attached hydrogens (tertiary/aromatic N) is 4. The summed E-state index contributed by atoms with van der Waals surface area (Å²) < 4.78 is 12.9. The number of amides is 1. The fourth-order valence-electron chi connectivity index (χ4n) is 3.35. The number of nitrogens with one attached hydrogen (secondary N) is 1. The van der Waals surface area contributed by atoms with Crippen LogP contribution in [0.4, 0.5) is 10.2 Å². The highest BCUT2D eigenvalue weighted by atomic mass is 19.1. The van der Waals surface area contributed by atoms with E-state index in [1.165, 1.54) is 12.1 Å². The Morgan fingerprint density at radius 2 is 1.96 bits per heavy atom. The van der Waals surface area contributed by atoms with E-state index >= 15 is 0 Å². The van der Waals surface area contributed by atoms with Gasteiger partial charge < -0.3 is 10.2 Å². The van der Waals surface area contributed by atoms with E-state index in [9.17, 15) is 14.4 Å². The Kier molecular flexibility index (Phi) is 6.56. The summed E-state index contributed by atoms with van der Waals surface area (Å²) in [5.41, 5.74) is 1.56. The number of carbonyl (C=O) groups is 1. The zero-order valence-electron chi connectivity index (χ0n) is 15.9. The molecule has 1 fully saturated rings. The van der Waals surface area contributed by atoms with Crippen LogP contribution in [-0.2, 0) is 11.2 Å². The highest BCUT2D eigenvalue weighted by Gasteiger charge is 2.26. The van der Waals surface area contributed by atoms with Gasteiger partial charge in [0, 0.05) is 38.9 Å². The van der Waals surface area contributed by atoms with Crippen molar-refractivity contribution in [2.24, 2.45) is 0 Å². The molecule has 146 valence electrons. The van der Waals surface area contributed by atoms with Gasteiger partial charge in [0.1, 0.15) is 17.7 Å². The number of anilines is 1. The summed E-state index contributed by atoms with van der Waals surface area (Å²) >= 11 is 0. The standard InChI is InChI=1S/C21H24FN5O/c1-16(21(28)25-10-8-17-4-6-19(22)7-5-17)26-11-13-27(14-12-26)20-18(15-23)3-2-9-24-20/h2-7,9,16H,8,10-14H2,1H3,(H,25,28). The lowest BCUT2D eigenvalue weighted by Crippen LogP contribution is -2.54. The van der Waals surface area contributed by atoms with Crippen LogP contribution in [0.3, 0.4) is 0 Å². The van der Waals surface area contributed by atoms with Crippen molar-refractivity contribution in [3.8, 4) is 6.07 Å². The molecule has 1 unspecified atom stereocenters. The van der Waals surface area contributed by atoms with Gasteiger partial charge in [-0.15, -0.1) is 0 Å². The minimum Gasteiger partial charge on any atom is -0.354 e. The van der Waals surface area contributed by atoms with E-state index in [-0.39, 0.29) is 17.8 Å². The van der Waals surface area contributed by atoms with Crippen LogP contribution in [0.15, 0.2) is 42.6 Å². The molecule has 1 amide bonds. The fraction of sp³-hybridized carbons (Fsp3) is 0.381. The van der Waals surface area contributed by atoms with Gasteiger partial charge >= 0.3 is 0 Å². The first-order valence-corrected chi connectivity index (χ1v) is 9.45. The molecule has 0 bridgehead atoms. The van der Waals surface area contributed by atoms with Crippen molar-refractivity contribution in [1.29, 1.82) is 5.26 Å². The van der Waals surface area contributed by atoms with Gasteiger partial charge in [-0.1, -0.05) is 12.1 Å². The molecule has 3 rings (SSSR count). The number of rotatable bonds is 6. The minimum absolute atomic E-state index is 0.00823. The Morgan fingerprint density at radius 3 is 2.64 bits per heavy atom. The third kappa shape index (κ3) is 4.84. The Hall–Kier alpha value is -2.98. The molecule has 2 heterocycles. The average molecular weight is 381 g/mol. The first-order chi connectivity index (χ1) is 13.6. The maximum absolute atomic E-state index is 12.9. The maximum atomic E-state index is 12.9. The van der Waals surface area contributed by atoms with Crippen LogP contribution >= 0.6 is 0 Å². The molecular formula is C21H24FN5O. The Bertz CT molecular complexity index is 841. The number of benzene rings is 1. The Morgan fingerprint density at radius 1 is 1.25 bits per heavy atom. The highest BCUT2D eigenvalue weighted by Crippen LogP contribution is 2.18. The topological polar surface area (TPSA) is 72.3 Å². The number of aromatic nitrogens is 1. The molecule has 28 heavy (non-hydrogen) atoms. The number of halogens is 1. The summed E-state index contributed by atoms with van der Waals surface area (Å²) in [5, 5.41) is 12.2. The van der Waals surface area contributed by atoms with Crippen molar-refractivity contribution >= 4 is 11.7 Å². The molecule has 1 N–H and O–H groups in total. The highest BCUT2D eigenvalue weighted by molar-refractivity contribution is 5.81. The quantitative estimate of drug-likeness (QED) is 0.828. The Balaban J connectivity index is 1.46. The smallest absolute Gasteiger partial charge is 0.237 e. The first kappa shape index (κ1) is 19.8. The van der Waals surface area contributed by atoms with Crippen molar-refractivity contribution in [2.75, 3.05) is 37.6 Å². The van der Waals surface area contributed by atoms with Gasteiger partial charge in [-0.3, -0.25) is 9.69 Å². The molecule has 0 radical (unpaired) electrons. The molecule has 1 aliphatic heterocycles. The van der Waals surface area contributed by atoms with Gasteiger partial charge in [0.05, 0.1) is 11.6 Å². The minimum atomic E-state index is -0.256. The van der Waals surface area contributed by atoms with Crippen molar-refractivity contribution in [3.05, 3.63) is 59.5 Å². The molecule has 1 atom stereocenters. The number of nitriles is 1. The molecular weight excluding hydrogens is 357 g/mol. The first-order valence-electron chi connectivity index (χ1n) is 9.45. The van der Waals surface area contributed by atoms with E-state index in [2.05, 4.69) is 26.2 Å². The summed E-state index contributed by atoms with van der Waals surface area (Å²) in [6.45, 7) is 5.33. The van der Waals surface area contributed by atoms with Crippen molar-refractivity contribution in [1.82, 2.24) is 15.2 Å². The van der Waals surface area contributed by atoms with Crippen molar-refractivity contribution in [2.45, 2.75) is 19.4 Å². The van der Waals surface area contributed by atoms with E-state index in [4.69, 9.17) is 0 Å². The van der Waals surface area contributed by atoms with Crippen LogP contribution in [0.5, 0.6) is 0 Å². The number of piperazine rings is 1. The largest absolute Gasteiger partial charge is 0.354 e. The monoisotopic (exact) mass is 381 g/mol. The lowest BCUT2D eigenvalue weighted by molar-refractivity contribution is -0.125. The molecule has 2 aromatic rings. The van der Waals surface area contributed by atoms with E-state index in [0.29, 0.717) is 24.3 Å². The zero-order valence-corrected chi connectivity index (χ0v) is 15.9. The van der Waals surface area contributed by atoms with Gasteiger partial charge in [-0.05, 0) is 43.2 Å². The molecule has 1 aliphatic rings. The average Bonchev–Trinajstić information content (AvgIpc) is 2.74. The lowest BCUT2D eigenvalue weighted by atomic mass is 10.1. The van der Waals surface area contributed by atoms with Crippen molar-refractivity contribution in [3.63, 3.8) is 0 Å². The van der Waals surface area contributed by atoms with Crippen LogP contribution in [-0.4, -0.2) is 54.6 Å². The molecule has 1 saturated heterocycles. The van der Waals surface area contributed by atoms with Crippen LogP contribution in [0.1, 0.15) is 18.1 Å². The summed E-state index contributed by atoms with van der Waals surface area (Å²) in [5.74, 6) is 0.445. The van der Waals surface area contributed by atoms with Gasteiger partial charge in [-0.2, -0.15) is 5.26 Å². The van der Waals surface area contributed by atoms with Gasteiger partial charge in [-0.25, -0.2) is 9.37 Å². The maximum Gasteiger partial charge on any atom is 0.237 e. The van der Waals surface area contributed by atoms with E-state index in [0.717, 1.165) is 31.7 Å². The van der Waals surface area contributed by atoms with Crippen LogP contribution in [0, 0.1) is 17.1 Å². The predicted octanol–water partition coefficient (Wildman–Crippen LogP) is 1.96. The predicted molar refractivity (Wildman–Crippen MR) is 105 cm³/mol. The molecule has 0 aliphatic carbocycles. The molecule has 7 heteroatoms. The lowest BCUT2D eigenvalue weighted by Gasteiger charge is -2.38. The van der Waals surface area contributed by atoms with Gasteiger partial charge in [0.15, 0.2) is 0 Å². The summed E-state index contributed by atoms with van der Waals surface area (Å²) in [4.78, 5) is 21.0. The van der Waals surface area contributed by atoms with E-state index < -0.39 is 0 Å². The SMILES string of the molecule is CC(C(=O)NCCc1ccc(F)cc1)N1CCN(c2ncccc2C#N)CC1. The molecule has 0 saturated carbocycles. The summed E-state index contributed by atoms with van der Waals surface area (Å²) in [6, 6.07) is 11.8. The number of pyridine rings is 1. The number of hydrogen-bond donors (Lipinski definition) is 1. The van der Waals surface area contributed by atoms with E-state index in [1.807, 2.05) is 6.92 Å². The van der Waals surface area contributed by atoms with E-state index in [1.54, 1.807) is 30.5 Å². The zero-order chi connectivity index (χ0) is 19.9. The van der Waals surface area contributed by atoms with Gasteiger partial charge in [0.25, 0.3) is 0 Å². The second-order valence-corrected chi connectivity index (χ2v) is 6.85. The number of carbonyl (C=O) groups excluding carboxylic acids is 1. The molecule has 1 aromatic heterocycles. The van der Waals surface area contributed by atoms with Crippen molar-refractivity contribution < 1.29 is 9.18 Å². The number of hydrogen-bond acceptors (Lipinski definition) is 5. The fourth-order valence-corrected chi connectivity index (χ4v) is 3.35. The second-order valence-electron chi connectivity index (χ2n) is 6.85. The summed E-state index contributed by atoms with van der Waals surface area (Å²) in [6.07, 6.45) is 2.36. The van der Waals surface area contributed by atoms with Gasteiger partial charge in [0.2, 0.25) is 5.91 Å². The molecule has 1 aromatic carbocycles. The third-order valence-corrected chi connectivity index (χ3v) is 5.07. The second kappa shape index (κ2) is 9.29. The van der Waals surface area contributed by atoms with Crippen LogP contribution < -0.4 is 10.2 Å². The molecule has 6 nitrogen and oxygen atoms in total.